The quantitative estimate of drug-likeness (QED) is 0.506. The van der Waals surface area contributed by atoms with Gasteiger partial charge in [-0.05, 0) is 28.5 Å². The molecule has 8 heteroatoms. The van der Waals surface area contributed by atoms with E-state index in [2.05, 4.69) is 25.3 Å². The van der Waals surface area contributed by atoms with Crippen LogP contribution in [0, 0.1) is 0 Å². The van der Waals surface area contributed by atoms with Gasteiger partial charge < -0.3 is 16.2 Å². The van der Waals surface area contributed by atoms with Crippen molar-refractivity contribution in [1.82, 2.24) is 10.3 Å². The molecule has 0 aliphatic carbocycles. The second-order valence-electron chi connectivity index (χ2n) is 3.19. The van der Waals surface area contributed by atoms with Gasteiger partial charge in [-0.3, -0.25) is 4.79 Å². The highest BCUT2D eigenvalue weighted by atomic mass is 16.6. The monoisotopic (exact) mass is 235 g/mol. The average molecular weight is 235 g/mol. The predicted octanol–water partition coefficient (Wildman–Crippen LogP) is 0.0340. The van der Waals surface area contributed by atoms with Gasteiger partial charge in [-0.2, -0.15) is 0 Å². The molecule has 0 bridgehead atoms. The molecule has 0 unspecified atom stereocenters. The number of hydrogen-bond acceptors (Lipinski definition) is 5. The summed E-state index contributed by atoms with van der Waals surface area (Å²) in [5.74, 6) is -1.03. The number of aliphatic imine (C=N–C) groups is 1. The Morgan fingerprint density at radius 3 is 3.00 bits per heavy atom. The van der Waals surface area contributed by atoms with Crippen molar-refractivity contribution < 1.29 is 14.5 Å². The van der Waals surface area contributed by atoms with Crippen LogP contribution in [0.4, 0.5) is 5.69 Å². The number of carboxylic acid groups (broad SMARTS) is 1. The summed E-state index contributed by atoms with van der Waals surface area (Å²) in [7, 11) is 0. The van der Waals surface area contributed by atoms with Crippen molar-refractivity contribution in [2.45, 2.75) is 0 Å². The van der Waals surface area contributed by atoms with Crippen LogP contribution in [0.1, 0.15) is 0 Å². The molecule has 2 rings (SSSR count). The van der Waals surface area contributed by atoms with Gasteiger partial charge in [0.05, 0.1) is 0 Å². The zero-order valence-electron chi connectivity index (χ0n) is 8.62. The minimum atomic E-state index is -1.05. The van der Waals surface area contributed by atoms with Crippen molar-refractivity contribution in [1.29, 1.82) is 0 Å². The molecule has 1 aromatic heterocycles. The maximum Gasteiger partial charge on any atom is 0.325 e. The van der Waals surface area contributed by atoms with Gasteiger partial charge in [0.2, 0.25) is 0 Å². The van der Waals surface area contributed by atoms with Gasteiger partial charge in [0, 0.05) is 5.69 Å². The first-order valence-electron chi connectivity index (χ1n) is 4.66. The number of aliphatic carboxylic acids is 1. The van der Waals surface area contributed by atoms with Crippen LogP contribution in [0.3, 0.4) is 0 Å². The molecule has 0 spiro atoms. The van der Waals surface area contributed by atoms with E-state index in [1.165, 1.54) is 0 Å². The van der Waals surface area contributed by atoms with Crippen LogP contribution >= 0.6 is 0 Å². The van der Waals surface area contributed by atoms with Crippen LogP contribution in [-0.4, -0.2) is 33.9 Å². The summed E-state index contributed by atoms with van der Waals surface area (Å²) in [4.78, 5) is 13.9. The predicted molar refractivity (Wildman–Crippen MR) is 59.6 cm³/mol. The Hall–Kier alpha value is -2.64. The van der Waals surface area contributed by atoms with Gasteiger partial charge in [0.15, 0.2) is 5.96 Å². The molecular formula is C9H9N5O3. The number of benzene rings is 1. The topological polar surface area (TPSA) is 127 Å². The standard InChI is InChI=1S/C9H9N5O3/c10-9(11-4-8(15)16)12-5-1-2-6-7(3-5)14-17-13-6/h1-3H,4H2,(H,15,16)(H3,10,11,12). The molecule has 0 amide bonds. The largest absolute Gasteiger partial charge is 0.480 e. The zero-order chi connectivity index (χ0) is 12.3. The van der Waals surface area contributed by atoms with Crippen molar-refractivity contribution in [3.8, 4) is 0 Å². The van der Waals surface area contributed by atoms with E-state index < -0.39 is 5.97 Å². The van der Waals surface area contributed by atoms with Gasteiger partial charge in [-0.25, -0.2) is 9.62 Å². The third kappa shape index (κ3) is 2.68. The van der Waals surface area contributed by atoms with Crippen molar-refractivity contribution in [2.75, 3.05) is 11.9 Å². The lowest BCUT2D eigenvalue weighted by atomic mass is 10.3. The number of guanidine groups is 1. The molecule has 0 atom stereocenters. The Bertz CT molecular complexity index is 577. The molecule has 0 fully saturated rings. The summed E-state index contributed by atoms with van der Waals surface area (Å²) >= 11 is 0. The number of nitrogens with one attached hydrogen (secondary N) is 1. The van der Waals surface area contributed by atoms with Gasteiger partial charge in [0.1, 0.15) is 17.6 Å². The van der Waals surface area contributed by atoms with E-state index in [1.54, 1.807) is 18.2 Å². The minimum absolute atomic E-state index is 0.0169. The maximum atomic E-state index is 10.3. The fourth-order valence-corrected chi connectivity index (χ4v) is 1.20. The SMILES string of the molecule is NC(=NCC(=O)O)Nc1ccc2nonc2c1. The molecule has 8 nitrogen and oxygen atoms in total. The van der Waals surface area contributed by atoms with Crippen LogP contribution < -0.4 is 11.1 Å². The summed E-state index contributed by atoms with van der Waals surface area (Å²) < 4.78 is 4.54. The molecule has 4 N–H and O–H groups in total. The highest BCUT2D eigenvalue weighted by Crippen LogP contribution is 2.15. The van der Waals surface area contributed by atoms with E-state index in [1.807, 2.05) is 0 Å². The number of hydrogen-bond donors (Lipinski definition) is 3. The Morgan fingerprint density at radius 1 is 1.47 bits per heavy atom. The smallest absolute Gasteiger partial charge is 0.325 e. The fourth-order valence-electron chi connectivity index (χ4n) is 1.20. The lowest BCUT2D eigenvalue weighted by molar-refractivity contribution is -0.135. The zero-order valence-corrected chi connectivity index (χ0v) is 8.62. The summed E-state index contributed by atoms with van der Waals surface area (Å²) in [6, 6.07) is 5.06. The number of carboxylic acids is 1. The summed E-state index contributed by atoms with van der Waals surface area (Å²) in [5, 5.41) is 18.5. The third-order valence-electron chi connectivity index (χ3n) is 1.91. The third-order valence-corrected chi connectivity index (χ3v) is 1.91. The minimum Gasteiger partial charge on any atom is -0.480 e. The fraction of sp³-hybridized carbons (Fsp3) is 0.111. The van der Waals surface area contributed by atoms with Crippen molar-refractivity contribution in [3.05, 3.63) is 18.2 Å². The first-order valence-corrected chi connectivity index (χ1v) is 4.66. The number of carbonyl (C=O) groups is 1. The van der Waals surface area contributed by atoms with Gasteiger partial charge in [-0.1, -0.05) is 0 Å². The summed E-state index contributed by atoms with van der Waals surface area (Å²) in [6.07, 6.45) is 0. The van der Waals surface area contributed by atoms with Gasteiger partial charge >= 0.3 is 5.97 Å². The number of rotatable bonds is 3. The molecule has 0 radical (unpaired) electrons. The molecule has 0 saturated heterocycles. The van der Waals surface area contributed by atoms with Gasteiger partial charge in [-0.15, -0.1) is 0 Å². The normalized spacial score (nSPS) is 11.6. The first kappa shape index (κ1) is 10.9. The maximum absolute atomic E-state index is 10.3. The molecule has 1 heterocycles. The molecule has 0 saturated carbocycles. The van der Waals surface area contributed by atoms with Crippen LogP contribution in [0.15, 0.2) is 27.8 Å². The summed E-state index contributed by atoms with van der Waals surface area (Å²) in [6.45, 7) is -0.382. The molecule has 0 aliphatic heterocycles. The molecule has 17 heavy (non-hydrogen) atoms. The molecule has 0 aliphatic rings. The number of anilines is 1. The number of fused-ring (bicyclic) bond motifs is 1. The number of aromatic nitrogens is 2. The van der Waals surface area contributed by atoms with Crippen LogP contribution in [0.2, 0.25) is 0 Å². The van der Waals surface area contributed by atoms with E-state index in [4.69, 9.17) is 10.8 Å². The highest BCUT2D eigenvalue weighted by Gasteiger charge is 2.02. The van der Waals surface area contributed by atoms with E-state index in [0.717, 1.165) is 0 Å². The van der Waals surface area contributed by atoms with Crippen LogP contribution in [0.5, 0.6) is 0 Å². The van der Waals surface area contributed by atoms with Crippen LogP contribution in [-0.2, 0) is 4.79 Å². The molecule has 1 aromatic carbocycles. The Balaban J connectivity index is 2.12. The molecular weight excluding hydrogens is 226 g/mol. The first-order chi connectivity index (χ1) is 8.15. The number of nitrogens with two attached hydrogens (primary N) is 1. The molecule has 2 aromatic rings. The Labute approximate surface area is 95.1 Å². The second kappa shape index (κ2) is 4.47. The lowest BCUT2D eigenvalue weighted by Gasteiger charge is -2.03. The highest BCUT2D eigenvalue weighted by molar-refractivity contribution is 5.94. The van der Waals surface area contributed by atoms with E-state index in [0.29, 0.717) is 16.7 Å². The van der Waals surface area contributed by atoms with Crippen molar-refractivity contribution in [2.24, 2.45) is 10.7 Å². The Kier molecular flexibility index (Phi) is 2.86. The number of nitrogens with zero attached hydrogens (tertiary/aromatic N) is 3. The average Bonchev–Trinajstić information content (AvgIpc) is 2.73. The molecule has 88 valence electrons. The van der Waals surface area contributed by atoms with E-state index >= 15 is 0 Å². The van der Waals surface area contributed by atoms with Crippen LogP contribution in [0.25, 0.3) is 11.0 Å². The van der Waals surface area contributed by atoms with Crippen molar-refractivity contribution in [3.63, 3.8) is 0 Å². The second-order valence-corrected chi connectivity index (χ2v) is 3.19. The Morgan fingerprint density at radius 2 is 2.24 bits per heavy atom. The van der Waals surface area contributed by atoms with E-state index in [9.17, 15) is 4.79 Å². The van der Waals surface area contributed by atoms with Gasteiger partial charge in [0.25, 0.3) is 0 Å². The van der Waals surface area contributed by atoms with Crippen molar-refractivity contribution >= 4 is 28.6 Å². The van der Waals surface area contributed by atoms with E-state index in [-0.39, 0.29) is 12.5 Å². The summed E-state index contributed by atoms with van der Waals surface area (Å²) in [5.41, 5.74) is 7.31. The lowest BCUT2D eigenvalue weighted by Crippen LogP contribution is -2.23.